The van der Waals surface area contributed by atoms with E-state index in [1.807, 2.05) is 0 Å². The number of hydrogen-bond acceptors (Lipinski definition) is 4. The van der Waals surface area contributed by atoms with Crippen molar-refractivity contribution >= 4 is 36.8 Å². The number of hydrogen-bond donors (Lipinski definition) is 1. The summed E-state index contributed by atoms with van der Waals surface area (Å²) in [4.78, 5) is -0.413. The molecule has 6 heteroatoms. The van der Waals surface area contributed by atoms with E-state index in [9.17, 15) is 18.1 Å². The third kappa shape index (κ3) is 2.04. The van der Waals surface area contributed by atoms with E-state index in [0.717, 1.165) is 6.07 Å². The van der Waals surface area contributed by atoms with Gasteiger partial charge in [-0.05, 0) is 29.7 Å². The Morgan fingerprint density at radius 1 is 1.19 bits per heavy atom. The highest BCUT2D eigenvalue weighted by Gasteiger charge is 2.09. The first-order chi connectivity index (χ1) is 7.38. The number of halogens is 1. The summed E-state index contributed by atoms with van der Waals surface area (Å²) >= 11 is 3.19. The van der Waals surface area contributed by atoms with Crippen molar-refractivity contribution in [3.8, 4) is 5.75 Å². The van der Waals surface area contributed by atoms with Crippen LogP contribution < -0.4 is 0 Å². The molecule has 2 aromatic rings. The molecule has 2 aromatic carbocycles. The van der Waals surface area contributed by atoms with Crippen LogP contribution in [0, 0.1) is 0 Å². The number of aromatic hydroxyl groups is 1. The van der Waals surface area contributed by atoms with E-state index in [0.29, 0.717) is 15.2 Å². The molecule has 0 radical (unpaired) electrons. The van der Waals surface area contributed by atoms with Crippen molar-refractivity contribution in [1.82, 2.24) is 0 Å². The maximum Gasteiger partial charge on any atom is 0.125 e. The van der Waals surface area contributed by atoms with Crippen LogP contribution in [0.3, 0.4) is 0 Å². The number of fused-ring (bicyclic) bond motifs is 1. The van der Waals surface area contributed by atoms with E-state index in [-0.39, 0.29) is 5.75 Å². The third-order valence-corrected chi connectivity index (χ3v) is 3.50. The molecule has 1 N–H and O–H groups in total. The largest absolute Gasteiger partial charge is 0.744 e. The Balaban J connectivity index is 2.96. The van der Waals surface area contributed by atoms with Crippen molar-refractivity contribution in [1.29, 1.82) is 0 Å². The fourth-order valence-electron chi connectivity index (χ4n) is 1.49. The molecule has 0 bridgehead atoms. The normalized spacial score (nSPS) is 11.9. The van der Waals surface area contributed by atoms with Crippen LogP contribution in [0.4, 0.5) is 0 Å². The van der Waals surface area contributed by atoms with Gasteiger partial charge in [0.1, 0.15) is 15.9 Å². The lowest BCUT2D eigenvalue weighted by Gasteiger charge is -2.11. The average molecular weight is 302 g/mol. The molecule has 0 aliphatic carbocycles. The molecule has 0 heterocycles. The van der Waals surface area contributed by atoms with Crippen LogP contribution in [0.2, 0.25) is 0 Å². The van der Waals surface area contributed by atoms with Gasteiger partial charge in [-0.2, -0.15) is 0 Å². The average Bonchev–Trinajstić information content (AvgIpc) is 2.16. The Bertz CT molecular complexity index is 664. The Morgan fingerprint density at radius 2 is 1.88 bits per heavy atom. The predicted octanol–water partition coefficient (Wildman–Crippen LogP) is 2.21. The molecular formula is C10H6BrO4S-. The quantitative estimate of drug-likeness (QED) is 0.819. The highest BCUT2D eigenvalue weighted by Crippen LogP contribution is 2.30. The lowest BCUT2D eigenvalue weighted by molar-refractivity contribution is 0.457. The first-order valence-corrected chi connectivity index (χ1v) is 6.46. The van der Waals surface area contributed by atoms with Gasteiger partial charge in [-0.15, -0.1) is 0 Å². The lowest BCUT2D eigenvalue weighted by Crippen LogP contribution is -1.99. The minimum Gasteiger partial charge on any atom is -0.744 e. The van der Waals surface area contributed by atoms with E-state index < -0.39 is 15.0 Å². The Labute approximate surface area is 100 Å². The first-order valence-electron chi connectivity index (χ1n) is 4.26. The molecule has 0 spiro atoms. The zero-order chi connectivity index (χ0) is 11.9. The number of rotatable bonds is 1. The van der Waals surface area contributed by atoms with Crippen LogP contribution in [0.25, 0.3) is 10.8 Å². The zero-order valence-corrected chi connectivity index (χ0v) is 10.2. The molecular weight excluding hydrogens is 296 g/mol. The summed E-state index contributed by atoms with van der Waals surface area (Å²) < 4.78 is 33.7. The van der Waals surface area contributed by atoms with Gasteiger partial charge >= 0.3 is 0 Å². The van der Waals surface area contributed by atoms with Gasteiger partial charge in [-0.3, -0.25) is 0 Å². The summed E-state index contributed by atoms with van der Waals surface area (Å²) in [5.74, 6) is -0.246. The minimum absolute atomic E-state index is 0.246. The number of phenolic OH excluding ortho intramolecular Hbond substituents is 1. The second-order valence-corrected chi connectivity index (χ2v) is 5.53. The van der Waals surface area contributed by atoms with E-state index in [1.54, 1.807) is 12.1 Å². The summed E-state index contributed by atoms with van der Waals surface area (Å²) in [6.07, 6.45) is 0. The Morgan fingerprint density at radius 3 is 2.50 bits per heavy atom. The molecule has 0 atom stereocenters. The standard InChI is InChI=1S/C10H7BrO4S/c11-7-2-1-6-3-8(12)5-10(9(6)4-7)16(13,14)15/h1-5,12H,(H,13,14,15)/p-1. The maximum atomic E-state index is 11.0. The number of benzene rings is 2. The summed E-state index contributed by atoms with van der Waals surface area (Å²) in [7, 11) is -4.60. The van der Waals surface area contributed by atoms with Crippen molar-refractivity contribution in [2.45, 2.75) is 4.90 Å². The van der Waals surface area contributed by atoms with Crippen LogP contribution in [0.15, 0.2) is 39.7 Å². The smallest absolute Gasteiger partial charge is 0.125 e. The summed E-state index contributed by atoms with van der Waals surface area (Å²) in [5.41, 5.74) is 0. The lowest BCUT2D eigenvalue weighted by atomic mass is 10.1. The molecule has 0 fully saturated rings. The minimum atomic E-state index is -4.60. The highest BCUT2D eigenvalue weighted by atomic mass is 79.9. The fourth-order valence-corrected chi connectivity index (χ4v) is 2.56. The monoisotopic (exact) mass is 301 g/mol. The fraction of sp³-hybridized carbons (Fsp3) is 0. The molecule has 0 saturated heterocycles. The van der Waals surface area contributed by atoms with Gasteiger partial charge in [-0.1, -0.05) is 22.0 Å². The van der Waals surface area contributed by atoms with Gasteiger partial charge in [0, 0.05) is 9.86 Å². The molecule has 0 aromatic heterocycles. The molecule has 4 nitrogen and oxygen atoms in total. The van der Waals surface area contributed by atoms with Gasteiger partial charge in [0.05, 0.1) is 4.90 Å². The van der Waals surface area contributed by atoms with Crippen molar-refractivity contribution in [3.05, 3.63) is 34.8 Å². The van der Waals surface area contributed by atoms with Gasteiger partial charge in [0.15, 0.2) is 0 Å². The van der Waals surface area contributed by atoms with Gasteiger partial charge < -0.3 is 9.66 Å². The Hall–Kier alpha value is -1.11. The second kappa shape index (κ2) is 3.73. The molecule has 0 aliphatic rings. The second-order valence-electron chi connectivity index (χ2n) is 3.26. The van der Waals surface area contributed by atoms with Crippen LogP contribution in [-0.4, -0.2) is 18.1 Å². The molecule has 0 aliphatic heterocycles. The zero-order valence-electron chi connectivity index (χ0n) is 7.84. The summed E-state index contributed by atoms with van der Waals surface area (Å²) in [6, 6.07) is 7.20. The van der Waals surface area contributed by atoms with E-state index in [1.165, 1.54) is 12.1 Å². The van der Waals surface area contributed by atoms with Crippen molar-refractivity contribution in [2.75, 3.05) is 0 Å². The van der Waals surface area contributed by atoms with E-state index in [2.05, 4.69) is 15.9 Å². The van der Waals surface area contributed by atoms with Crippen LogP contribution >= 0.6 is 15.9 Å². The maximum absolute atomic E-state index is 11.0. The van der Waals surface area contributed by atoms with Crippen molar-refractivity contribution in [2.24, 2.45) is 0 Å². The predicted molar refractivity (Wildman–Crippen MR) is 61.3 cm³/mol. The van der Waals surface area contributed by atoms with Crippen molar-refractivity contribution in [3.63, 3.8) is 0 Å². The molecule has 0 saturated carbocycles. The van der Waals surface area contributed by atoms with E-state index in [4.69, 9.17) is 0 Å². The highest BCUT2D eigenvalue weighted by molar-refractivity contribution is 9.10. The molecule has 84 valence electrons. The summed E-state index contributed by atoms with van der Waals surface area (Å²) in [5, 5.41) is 10.1. The van der Waals surface area contributed by atoms with Crippen molar-refractivity contribution < 1.29 is 18.1 Å². The molecule has 2 rings (SSSR count). The van der Waals surface area contributed by atoms with Gasteiger partial charge in [0.2, 0.25) is 0 Å². The SMILES string of the molecule is O=S(=O)([O-])c1cc(O)cc2ccc(Br)cc12. The van der Waals surface area contributed by atoms with Gasteiger partial charge in [-0.25, -0.2) is 8.42 Å². The number of phenols is 1. The van der Waals surface area contributed by atoms with Crippen LogP contribution in [0.1, 0.15) is 0 Å². The molecule has 16 heavy (non-hydrogen) atoms. The Kier molecular flexibility index (Phi) is 2.65. The van der Waals surface area contributed by atoms with Gasteiger partial charge in [0.25, 0.3) is 0 Å². The topological polar surface area (TPSA) is 77.4 Å². The third-order valence-electron chi connectivity index (χ3n) is 2.13. The van der Waals surface area contributed by atoms with Crippen LogP contribution in [0.5, 0.6) is 5.75 Å². The molecule has 0 unspecified atom stereocenters. The van der Waals surface area contributed by atoms with E-state index >= 15 is 0 Å². The first kappa shape index (κ1) is 11.4. The summed E-state index contributed by atoms with van der Waals surface area (Å²) in [6.45, 7) is 0. The molecule has 0 amide bonds. The van der Waals surface area contributed by atoms with Crippen LogP contribution in [-0.2, 0) is 10.1 Å².